The van der Waals surface area contributed by atoms with Crippen LogP contribution in [0, 0.1) is 5.41 Å². The number of aliphatic imine (C=N–C) groups is 1. The van der Waals surface area contributed by atoms with E-state index in [2.05, 4.69) is 264 Å². The summed E-state index contributed by atoms with van der Waals surface area (Å²) in [6.07, 6.45) is 18.7. The van der Waals surface area contributed by atoms with Crippen LogP contribution in [0.2, 0.25) is 0 Å². The largest absolute Gasteiger partial charge is 0.361 e. The van der Waals surface area contributed by atoms with Crippen LogP contribution in [0.15, 0.2) is 164 Å². The second kappa shape index (κ2) is 27.6. The van der Waals surface area contributed by atoms with E-state index in [0.29, 0.717) is 5.41 Å². The Morgan fingerprint density at radius 2 is 0.944 bits per heavy atom. The van der Waals surface area contributed by atoms with Crippen LogP contribution in [-0.2, 0) is 32.5 Å². The van der Waals surface area contributed by atoms with Crippen molar-refractivity contribution in [2.75, 3.05) is 6.54 Å². The second-order valence-electron chi connectivity index (χ2n) is 25.2. The minimum atomic E-state index is 0.119. The van der Waals surface area contributed by atoms with Crippen LogP contribution in [0.3, 0.4) is 0 Å². The van der Waals surface area contributed by atoms with Gasteiger partial charge in [0.2, 0.25) is 0 Å². The van der Waals surface area contributed by atoms with Crippen LogP contribution >= 0.6 is 0 Å². The summed E-state index contributed by atoms with van der Waals surface area (Å²) in [6.45, 7) is 46.6. The lowest BCUT2D eigenvalue weighted by Crippen LogP contribution is -2.16. The molecule has 0 bridgehead atoms. The van der Waals surface area contributed by atoms with Crippen molar-refractivity contribution in [1.82, 2.24) is 35.1 Å². The summed E-state index contributed by atoms with van der Waals surface area (Å²) in [7, 11) is 0. The molecule has 1 N–H and O–H groups in total. The highest BCUT2D eigenvalue weighted by atomic mass is 15.1. The number of aromatic nitrogens is 7. The third-order valence-electron chi connectivity index (χ3n) is 11.1. The maximum atomic E-state index is 4.31. The first-order chi connectivity index (χ1) is 33.2. The summed E-state index contributed by atoms with van der Waals surface area (Å²) >= 11 is 0. The van der Waals surface area contributed by atoms with Crippen molar-refractivity contribution in [3.8, 4) is 0 Å². The molecule has 0 fully saturated rings. The smallest absolute Gasteiger partial charge is 0.0684 e. The van der Waals surface area contributed by atoms with Crippen LogP contribution in [0.5, 0.6) is 0 Å². The Hall–Kier alpha value is -6.15. The zero-order valence-corrected chi connectivity index (χ0v) is 48.3. The van der Waals surface area contributed by atoms with Crippen molar-refractivity contribution >= 4 is 16.6 Å². The van der Waals surface area contributed by atoms with E-state index in [0.717, 1.165) is 23.6 Å². The zero-order valence-electron chi connectivity index (χ0n) is 48.3. The van der Waals surface area contributed by atoms with Crippen molar-refractivity contribution in [2.45, 2.75) is 178 Å². The highest BCUT2D eigenvalue weighted by Crippen LogP contribution is 2.26. The number of H-pyrrole nitrogens is 1. The van der Waals surface area contributed by atoms with Gasteiger partial charge < -0.3 is 4.98 Å². The predicted octanol–water partition coefficient (Wildman–Crippen LogP) is 16.8. The topological polar surface area (TPSA) is 105 Å². The first-order valence-electron chi connectivity index (χ1n) is 25.4. The van der Waals surface area contributed by atoms with Gasteiger partial charge in [0, 0.05) is 88.2 Å². The molecule has 0 radical (unpaired) electrons. The summed E-state index contributed by atoms with van der Waals surface area (Å²) in [5.74, 6) is 0. The minimum absolute atomic E-state index is 0.119. The Kier molecular flexibility index (Phi) is 23.8. The van der Waals surface area contributed by atoms with Gasteiger partial charge >= 0.3 is 0 Å². The molecule has 0 unspecified atom stereocenters. The summed E-state index contributed by atoms with van der Waals surface area (Å²) < 4.78 is 0. The molecular weight excluding hydrogens is 881 g/mol. The lowest BCUT2D eigenvalue weighted by Gasteiger charge is -2.18. The van der Waals surface area contributed by atoms with Crippen molar-refractivity contribution in [3.63, 3.8) is 0 Å². The first kappa shape index (κ1) is 62.0. The zero-order chi connectivity index (χ0) is 54.4. The molecule has 6 heterocycles. The fourth-order valence-corrected chi connectivity index (χ4v) is 6.31. The van der Waals surface area contributed by atoms with Gasteiger partial charge in [0.1, 0.15) is 0 Å². The molecule has 7 aromatic rings. The maximum absolute atomic E-state index is 4.31. The quantitative estimate of drug-likeness (QED) is 0.162. The van der Waals surface area contributed by atoms with Crippen molar-refractivity contribution in [3.05, 3.63) is 193 Å². The molecule has 0 atom stereocenters. The van der Waals surface area contributed by atoms with Gasteiger partial charge in [-0.25, -0.2) is 0 Å². The van der Waals surface area contributed by atoms with E-state index in [-0.39, 0.29) is 32.5 Å². The van der Waals surface area contributed by atoms with Gasteiger partial charge in [0.05, 0.1) is 17.9 Å². The number of nitrogens with zero attached hydrogens (tertiary/aromatic N) is 7. The molecule has 1 aliphatic heterocycles. The molecule has 2 aromatic carbocycles. The Balaban J connectivity index is 0.000000289. The molecular formula is C64H92N8. The van der Waals surface area contributed by atoms with Gasteiger partial charge in [-0.15, -0.1) is 0 Å². The summed E-state index contributed by atoms with van der Waals surface area (Å²) in [6, 6.07) is 33.3. The lowest BCUT2D eigenvalue weighted by molar-refractivity contribution is 0.558. The van der Waals surface area contributed by atoms with Crippen molar-refractivity contribution < 1.29 is 0 Å². The number of nitrogens with one attached hydrogen (secondary N) is 1. The Labute approximate surface area is 437 Å². The maximum Gasteiger partial charge on any atom is 0.0684 e. The summed E-state index contributed by atoms with van der Waals surface area (Å²) in [5.41, 5.74) is 11.2. The van der Waals surface area contributed by atoms with E-state index in [4.69, 9.17) is 0 Å². The average Bonchev–Trinajstić information content (AvgIpc) is 4.04. The SMILES string of the molecule is CC(C)(C)C1=NCC=C1.CC(C)(C)c1ccc2cc[nH]c2c1.CC(C)(C)c1ccccc1.CC(C)(C)c1ccccn1.CC(C)(C)c1cccnc1.CC(C)(C)c1cccnn1.CC(C)(C)c1cnccn1. The third-order valence-corrected chi connectivity index (χ3v) is 11.1. The molecule has 388 valence electrons. The van der Waals surface area contributed by atoms with E-state index in [1.807, 2.05) is 48.9 Å². The van der Waals surface area contributed by atoms with Crippen LogP contribution in [0.1, 0.15) is 179 Å². The number of benzene rings is 2. The van der Waals surface area contributed by atoms with Crippen molar-refractivity contribution in [2.24, 2.45) is 10.4 Å². The van der Waals surface area contributed by atoms with Gasteiger partial charge in [0.25, 0.3) is 0 Å². The van der Waals surface area contributed by atoms with Crippen LogP contribution in [-0.4, -0.2) is 47.4 Å². The van der Waals surface area contributed by atoms with Gasteiger partial charge in [-0.1, -0.05) is 206 Å². The molecule has 0 aliphatic carbocycles. The van der Waals surface area contributed by atoms with Gasteiger partial charge in [0.15, 0.2) is 0 Å². The highest BCUT2D eigenvalue weighted by Gasteiger charge is 2.19. The second-order valence-corrected chi connectivity index (χ2v) is 25.2. The number of hydrogen-bond acceptors (Lipinski definition) is 7. The molecule has 0 amide bonds. The highest BCUT2D eigenvalue weighted by molar-refractivity contribution is 6.00. The van der Waals surface area contributed by atoms with Gasteiger partial charge in [-0.3, -0.25) is 24.9 Å². The summed E-state index contributed by atoms with van der Waals surface area (Å²) in [4.78, 5) is 24.0. The number of hydrogen-bond donors (Lipinski definition) is 1. The average molecular weight is 973 g/mol. The fraction of sp³-hybridized carbons (Fsp3) is 0.453. The van der Waals surface area contributed by atoms with E-state index >= 15 is 0 Å². The molecule has 72 heavy (non-hydrogen) atoms. The van der Waals surface area contributed by atoms with E-state index in [9.17, 15) is 0 Å². The fourth-order valence-electron chi connectivity index (χ4n) is 6.31. The lowest BCUT2D eigenvalue weighted by atomic mass is 9.87. The van der Waals surface area contributed by atoms with E-state index in [1.54, 1.807) is 31.0 Å². The number of rotatable bonds is 0. The Morgan fingerprint density at radius 1 is 0.403 bits per heavy atom. The van der Waals surface area contributed by atoms with Gasteiger partial charge in [-0.2, -0.15) is 10.2 Å². The minimum Gasteiger partial charge on any atom is -0.361 e. The number of allylic oxidation sites excluding steroid dienone is 1. The monoisotopic (exact) mass is 973 g/mol. The van der Waals surface area contributed by atoms with Gasteiger partial charge in [-0.05, 0) is 86.9 Å². The molecule has 8 nitrogen and oxygen atoms in total. The summed E-state index contributed by atoms with van der Waals surface area (Å²) in [5, 5.41) is 9.09. The molecule has 0 saturated heterocycles. The van der Waals surface area contributed by atoms with Crippen LogP contribution in [0.25, 0.3) is 10.9 Å². The Morgan fingerprint density at radius 3 is 1.31 bits per heavy atom. The van der Waals surface area contributed by atoms with Crippen LogP contribution in [0.4, 0.5) is 0 Å². The molecule has 0 spiro atoms. The molecule has 0 saturated carbocycles. The van der Waals surface area contributed by atoms with Crippen molar-refractivity contribution in [1.29, 1.82) is 0 Å². The normalized spacial score (nSPS) is 12.5. The number of aromatic amines is 1. The number of pyridine rings is 2. The van der Waals surface area contributed by atoms with Crippen LogP contribution < -0.4 is 0 Å². The molecule has 5 aromatic heterocycles. The third kappa shape index (κ3) is 24.3. The van der Waals surface area contributed by atoms with E-state index < -0.39 is 0 Å². The molecule has 8 rings (SSSR count). The Bertz CT molecular complexity index is 2300. The first-order valence-corrected chi connectivity index (χ1v) is 25.4. The molecule has 8 heteroatoms. The predicted molar refractivity (Wildman–Crippen MR) is 310 cm³/mol. The molecule has 1 aliphatic rings. The standard InChI is InChI=1S/C12H15N.C10H14.2C9H13N.2C8H12N2.C8H13N/c1-12(2,3)10-5-4-9-6-7-13-11(9)8-10;1-10(2,3)9-7-5-4-6-8-9;1-9(2,3)8-5-4-6-10-7-8;1-9(2,3)8-6-4-5-7-10-8;1-8(2,3)7-6-9-4-5-10-7;1-8(2,3)7-5-4-6-9-10-7;1-8(2,3)7-5-4-6-9-7/h4-8,13H,1-3H3;4-8H,1-3H3;2*4-7H,1-3H3;2*4-6H,1-3H3;4-5H,6H2,1-3H3. The van der Waals surface area contributed by atoms with E-state index in [1.165, 1.54) is 33.3 Å². The number of fused-ring (bicyclic) bond motifs is 1.